The zero-order valence-electron chi connectivity index (χ0n) is 8.69. The molecule has 0 amide bonds. The highest BCUT2D eigenvalue weighted by atomic mass is 19.1. The molecule has 0 saturated heterocycles. The fourth-order valence-corrected chi connectivity index (χ4v) is 1.59. The van der Waals surface area contributed by atoms with Crippen LogP contribution < -0.4 is 5.73 Å². The van der Waals surface area contributed by atoms with Crippen LogP contribution in [0.3, 0.4) is 0 Å². The van der Waals surface area contributed by atoms with Crippen molar-refractivity contribution in [3.63, 3.8) is 0 Å². The van der Waals surface area contributed by atoms with E-state index in [4.69, 9.17) is 5.73 Å². The van der Waals surface area contributed by atoms with Crippen LogP contribution in [0.2, 0.25) is 0 Å². The van der Waals surface area contributed by atoms with Gasteiger partial charge in [0, 0.05) is 13.1 Å². The SMILES string of the molecule is Cn1cncc1C(N)c1cc(F)cc(F)c1. The summed E-state index contributed by atoms with van der Waals surface area (Å²) in [5.41, 5.74) is 6.99. The van der Waals surface area contributed by atoms with Gasteiger partial charge in [0.2, 0.25) is 0 Å². The van der Waals surface area contributed by atoms with Crippen molar-refractivity contribution in [2.45, 2.75) is 6.04 Å². The van der Waals surface area contributed by atoms with Crippen molar-refractivity contribution in [2.75, 3.05) is 0 Å². The molecule has 1 unspecified atom stereocenters. The molecule has 16 heavy (non-hydrogen) atoms. The van der Waals surface area contributed by atoms with Crippen molar-refractivity contribution in [1.29, 1.82) is 0 Å². The lowest BCUT2D eigenvalue weighted by molar-refractivity contribution is 0.576. The molecule has 1 aromatic heterocycles. The van der Waals surface area contributed by atoms with Gasteiger partial charge in [0.1, 0.15) is 11.6 Å². The molecule has 0 saturated carbocycles. The van der Waals surface area contributed by atoms with E-state index < -0.39 is 17.7 Å². The number of aromatic nitrogens is 2. The highest BCUT2D eigenvalue weighted by Crippen LogP contribution is 2.20. The summed E-state index contributed by atoms with van der Waals surface area (Å²) in [7, 11) is 1.78. The number of nitrogens with two attached hydrogens (primary N) is 1. The first-order valence-electron chi connectivity index (χ1n) is 4.75. The van der Waals surface area contributed by atoms with Crippen molar-refractivity contribution in [3.8, 4) is 0 Å². The summed E-state index contributed by atoms with van der Waals surface area (Å²) in [6.07, 6.45) is 3.17. The van der Waals surface area contributed by atoms with Crippen LogP contribution in [-0.2, 0) is 7.05 Å². The molecule has 2 N–H and O–H groups in total. The lowest BCUT2D eigenvalue weighted by atomic mass is 10.0. The first-order chi connectivity index (χ1) is 7.58. The highest BCUT2D eigenvalue weighted by molar-refractivity contribution is 5.27. The summed E-state index contributed by atoms with van der Waals surface area (Å²) in [4.78, 5) is 3.91. The van der Waals surface area contributed by atoms with Crippen molar-refractivity contribution >= 4 is 0 Å². The van der Waals surface area contributed by atoms with Crippen LogP contribution >= 0.6 is 0 Å². The number of hydrogen-bond donors (Lipinski definition) is 1. The predicted molar refractivity (Wildman–Crippen MR) is 55.6 cm³/mol. The summed E-state index contributed by atoms with van der Waals surface area (Å²) in [5, 5.41) is 0. The van der Waals surface area contributed by atoms with Gasteiger partial charge in [-0.25, -0.2) is 13.8 Å². The number of imidazole rings is 1. The molecule has 0 aliphatic rings. The number of halogens is 2. The Bertz CT molecular complexity index is 487. The van der Waals surface area contributed by atoms with Gasteiger partial charge in [0.15, 0.2) is 0 Å². The number of rotatable bonds is 2. The molecule has 2 rings (SSSR count). The van der Waals surface area contributed by atoms with Gasteiger partial charge in [0.05, 0.1) is 24.3 Å². The van der Waals surface area contributed by atoms with Crippen molar-refractivity contribution in [2.24, 2.45) is 12.8 Å². The van der Waals surface area contributed by atoms with Gasteiger partial charge in [-0.1, -0.05) is 0 Å². The van der Waals surface area contributed by atoms with Gasteiger partial charge < -0.3 is 10.3 Å². The molecular formula is C11H11F2N3. The third-order valence-electron chi connectivity index (χ3n) is 2.42. The molecule has 5 heteroatoms. The summed E-state index contributed by atoms with van der Waals surface area (Å²) < 4.78 is 27.7. The highest BCUT2D eigenvalue weighted by Gasteiger charge is 2.14. The predicted octanol–water partition coefficient (Wildman–Crippen LogP) is 1.75. The zero-order valence-corrected chi connectivity index (χ0v) is 8.69. The van der Waals surface area contributed by atoms with E-state index in [0.29, 0.717) is 11.3 Å². The zero-order chi connectivity index (χ0) is 11.7. The van der Waals surface area contributed by atoms with E-state index in [-0.39, 0.29) is 0 Å². The average molecular weight is 223 g/mol. The maximum absolute atomic E-state index is 13.0. The summed E-state index contributed by atoms with van der Waals surface area (Å²) >= 11 is 0. The molecule has 1 atom stereocenters. The number of hydrogen-bond acceptors (Lipinski definition) is 2. The van der Waals surface area contributed by atoms with E-state index in [1.54, 1.807) is 24.1 Å². The Morgan fingerprint density at radius 1 is 1.25 bits per heavy atom. The maximum atomic E-state index is 13.0. The van der Waals surface area contributed by atoms with Crippen LogP contribution in [0.15, 0.2) is 30.7 Å². The van der Waals surface area contributed by atoms with E-state index >= 15 is 0 Å². The molecule has 0 radical (unpaired) electrons. The van der Waals surface area contributed by atoms with E-state index in [1.165, 1.54) is 12.1 Å². The molecule has 1 heterocycles. The van der Waals surface area contributed by atoms with Crippen molar-refractivity contribution in [3.05, 3.63) is 53.6 Å². The van der Waals surface area contributed by atoms with E-state index in [1.807, 2.05) is 0 Å². The Morgan fingerprint density at radius 3 is 2.38 bits per heavy atom. The van der Waals surface area contributed by atoms with Crippen molar-refractivity contribution in [1.82, 2.24) is 9.55 Å². The second kappa shape index (κ2) is 4.02. The number of aryl methyl sites for hydroxylation is 1. The van der Waals surface area contributed by atoms with Crippen LogP contribution in [-0.4, -0.2) is 9.55 Å². The van der Waals surface area contributed by atoms with Crippen LogP contribution in [0.5, 0.6) is 0 Å². The molecule has 0 aliphatic heterocycles. The molecule has 0 bridgehead atoms. The Labute approximate surface area is 91.5 Å². The second-order valence-electron chi connectivity index (χ2n) is 3.61. The second-order valence-corrected chi connectivity index (χ2v) is 3.61. The molecule has 0 spiro atoms. The summed E-state index contributed by atoms with van der Waals surface area (Å²) in [6.45, 7) is 0. The molecule has 0 aliphatic carbocycles. The van der Waals surface area contributed by atoms with E-state index in [2.05, 4.69) is 4.98 Å². The van der Waals surface area contributed by atoms with Crippen molar-refractivity contribution < 1.29 is 8.78 Å². The molecule has 3 nitrogen and oxygen atoms in total. The van der Waals surface area contributed by atoms with Gasteiger partial charge >= 0.3 is 0 Å². The van der Waals surface area contributed by atoms with Crippen LogP contribution in [0.4, 0.5) is 8.78 Å². The Balaban J connectivity index is 2.41. The van der Waals surface area contributed by atoms with Crippen LogP contribution in [0, 0.1) is 11.6 Å². The standard InChI is InChI=1S/C11H11F2N3/c1-16-6-15-5-10(16)11(14)7-2-8(12)4-9(13)3-7/h2-6,11H,14H2,1H3. The average Bonchev–Trinajstić information content (AvgIpc) is 2.62. The summed E-state index contributed by atoms with van der Waals surface area (Å²) in [6, 6.07) is 2.68. The monoisotopic (exact) mass is 223 g/mol. The van der Waals surface area contributed by atoms with Crippen LogP contribution in [0.1, 0.15) is 17.3 Å². The van der Waals surface area contributed by atoms with E-state index in [0.717, 1.165) is 6.07 Å². The fraction of sp³-hybridized carbons (Fsp3) is 0.182. The topological polar surface area (TPSA) is 43.8 Å². The maximum Gasteiger partial charge on any atom is 0.126 e. The van der Waals surface area contributed by atoms with Gasteiger partial charge in [-0.3, -0.25) is 0 Å². The molecular weight excluding hydrogens is 212 g/mol. The Hall–Kier alpha value is -1.75. The third-order valence-corrected chi connectivity index (χ3v) is 2.42. The third kappa shape index (κ3) is 1.94. The fourth-order valence-electron chi connectivity index (χ4n) is 1.59. The largest absolute Gasteiger partial charge is 0.336 e. The van der Waals surface area contributed by atoms with Crippen LogP contribution in [0.25, 0.3) is 0 Å². The molecule has 1 aromatic carbocycles. The molecule has 84 valence electrons. The Kier molecular flexibility index (Phi) is 2.70. The Morgan fingerprint density at radius 2 is 1.88 bits per heavy atom. The van der Waals surface area contributed by atoms with E-state index in [9.17, 15) is 8.78 Å². The normalized spacial score (nSPS) is 12.8. The van der Waals surface area contributed by atoms with Gasteiger partial charge in [-0.15, -0.1) is 0 Å². The lowest BCUT2D eigenvalue weighted by Crippen LogP contribution is -2.15. The molecule has 0 fully saturated rings. The molecule has 2 aromatic rings. The number of benzene rings is 1. The smallest absolute Gasteiger partial charge is 0.126 e. The first kappa shape index (κ1) is 10.8. The lowest BCUT2D eigenvalue weighted by Gasteiger charge is -2.12. The number of nitrogens with zero attached hydrogens (tertiary/aromatic N) is 2. The first-order valence-corrected chi connectivity index (χ1v) is 4.75. The minimum Gasteiger partial charge on any atom is -0.336 e. The minimum atomic E-state index is -0.632. The minimum absolute atomic E-state index is 0.390. The summed E-state index contributed by atoms with van der Waals surface area (Å²) in [5.74, 6) is -1.26. The van der Waals surface area contributed by atoms with Gasteiger partial charge in [0.25, 0.3) is 0 Å². The quantitative estimate of drug-likeness (QED) is 0.842. The van der Waals surface area contributed by atoms with Gasteiger partial charge in [-0.05, 0) is 17.7 Å². The van der Waals surface area contributed by atoms with Gasteiger partial charge in [-0.2, -0.15) is 0 Å².